The van der Waals surface area contributed by atoms with E-state index in [1.807, 2.05) is 12.1 Å². The SMILES string of the molecule is CC(C)Nc1ccc2c(c1)CCC2O. The molecule has 1 aliphatic carbocycles. The van der Waals surface area contributed by atoms with E-state index >= 15 is 0 Å². The Morgan fingerprint density at radius 1 is 1.43 bits per heavy atom. The molecule has 0 heterocycles. The van der Waals surface area contributed by atoms with Gasteiger partial charge in [0.05, 0.1) is 6.10 Å². The zero-order chi connectivity index (χ0) is 10.1. The van der Waals surface area contributed by atoms with Crippen LogP contribution >= 0.6 is 0 Å². The van der Waals surface area contributed by atoms with Crippen molar-refractivity contribution in [1.82, 2.24) is 0 Å². The monoisotopic (exact) mass is 191 g/mol. The third-order valence-electron chi connectivity index (χ3n) is 2.64. The van der Waals surface area contributed by atoms with Crippen LogP contribution in [0.25, 0.3) is 0 Å². The minimum Gasteiger partial charge on any atom is -0.388 e. The number of rotatable bonds is 2. The molecule has 0 spiro atoms. The van der Waals surface area contributed by atoms with Crippen LogP contribution in [0.5, 0.6) is 0 Å². The minimum atomic E-state index is -0.238. The van der Waals surface area contributed by atoms with E-state index in [4.69, 9.17) is 0 Å². The maximum Gasteiger partial charge on any atom is 0.0795 e. The van der Waals surface area contributed by atoms with Crippen molar-refractivity contribution < 1.29 is 5.11 Å². The first-order chi connectivity index (χ1) is 6.66. The Morgan fingerprint density at radius 3 is 2.93 bits per heavy atom. The number of benzene rings is 1. The summed E-state index contributed by atoms with van der Waals surface area (Å²) in [4.78, 5) is 0. The van der Waals surface area contributed by atoms with Crippen LogP contribution in [-0.2, 0) is 6.42 Å². The smallest absolute Gasteiger partial charge is 0.0795 e. The summed E-state index contributed by atoms with van der Waals surface area (Å²) in [7, 11) is 0. The maximum atomic E-state index is 9.63. The maximum absolute atomic E-state index is 9.63. The first-order valence-corrected chi connectivity index (χ1v) is 5.24. The van der Waals surface area contributed by atoms with E-state index in [2.05, 4.69) is 25.2 Å². The Labute approximate surface area is 85.0 Å². The fourth-order valence-electron chi connectivity index (χ4n) is 2.02. The van der Waals surface area contributed by atoms with Gasteiger partial charge in [-0.2, -0.15) is 0 Å². The normalized spacial score (nSPS) is 19.9. The molecule has 0 radical (unpaired) electrons. The highest BCUT2D eigenvalue weighted by atomic mass is 16.3. The summed E-state index contributed by atoms with van der Waals surface area (Å²) >= 11 is 0. The number of aliphatic hydroxyl groups excluding tert-OH is 1. The zero-order valence-electron chi connectivity index (χ0n) is 8.75. The van der Waals surface area contributed by atoms with Gasteiger partial charge < -0.3 is 10.4 Å². The molecule has 0 amide bonds. The van der Waals surface area contributed by atoms with E-state index in [0.717, 1.165) is 24.1 Å². The van der Waals surface area contributed by atoms with Gasteiger partial charge in [0.25, 0.3) is 0 Å². The Bertz CT molecular complexity index is 333. The van der Waals surface area contributed by atoms with Crippen LogP contribution in [0.3, 0.4) is 0 Å². The molecule has 0 aliphatic heterocycles. The second-order valence-electron chi connectivity index (χ2n) is 4.27. The summed E-state index contributed by atoms with van der Waals surface area (Å²) in [5.74, 6) is 0. The molecule has 0 fully saturated rings. The van der Waals surface area contributed by atoms with Crippen molar-refractivity contribution in [2.24, 2.45) is 0 Å². The van der Waals surface area contributed by atoms with Gasteiger partial charge in [-0.25, -0.2) is 0 Å². The topological polar surface area (TPSA) is 32.3 Å². The summed E-state index contributed by atoms with van der Waals surface area (Å²) in [6.07, 6.45) is 1.64. The molecule has 2 nitrogen and oxygen atoms in total. The number of aliphatic hydroxyl groups is 1. The largest absolute Gasteiger partial charge is 0.388 e. The number of nitrogens with one attached hydrogen (secondary N) is 1. The number of fused-ring (bicyclic) bond motifs is 1. The lowest BCUT2D eigenvalue weighted by atomic mass is 10.1. The molecule has 1 aliphatic rings. The molecule has 2 heteroatoms. The minimum absolute atomic E-state index is 0.238. The van der Waals surface area contributed by atoms with Crippen molar-refractivity contribution in [3.05, 3.63) is 29.3 Å². The van der Waals surface area contributed by atoms with Crippen molar-refractivity contribution in [1.29, 1.82) is 0 Å². The number of hydrogen-bond acceptors (Lipinski definition) is 2. The van der Waals surface area contributed by atoms with Gasteiger partial charge in [-0.1, -0.05) is 6.07 Å². The average Bonchev–Trinajstić information content (AvgIpc) is 2.46. The molecule has 1 unspecified atom stereocenters. The zero-order valence-corrected chi connectivity index (χ0v) is 8.75. The molecule has 0 aromatic heterocycles. The lowest BCUT2D eigenvalue weighted by molar-refractivity contribution is 0.180. The lowest BCUT2D eigenvalue weighted by Gasteiger charge is -2.11. The quantitative estimate of drug-likeness (QED) is 0.752. The van der Waals surface area contributed by atoms with Crippen molar-refractivity contribution in [2.45, 2.75) is 38.8 Å². The first-order valence-electron chi connectivity index (χ1n) is 5.24. The van der Waals surface area contributed by atoms with Gasteiger partial charge in [0.15, 0.2) is 0 Å². The molecule has 1 atom stereocenters. The van der Waals surface area contributed by atoms with Crippen molar-refractivity contribution >= 4 is 5.69 Å². The number of hydrogen-bond donors (Lipinski definition) is 2. The van der Waals surface area contributed by atoms with Gasteiger partial charge >= 0.3 is 0 Å². The summed E-state index contributed by atoms with van der Waals surface area (Å²) in [6.45, 7) is 4.25. The van der Waals surface area contributed by atoms with E-state index in [0.29, 0.717) is 6.04 Å². The third-order valence-corrected chi connectivity index (χ3v) is 2.64. The van der Waals surface area contributed by atoms with E-state index in [1.165, 1.54) is 5.56 Å². The van der Waals surface area contributed by atoms with Crippen LogP contribution < -0.4 is 5.32 Å². The second kappa shape index (κ2) is 3.62. The Kier molecular flexibility index (Phi) is 2.46. The fraction of sp³-hybridized carbons (Fsp3) is 0.500. The molecular weight excluding hydrogens is 174 g/mol. The van der Waals surface area contributed by atoms with Crippen LogP contribution in [0.4, 0.5) is 5.69 Å². The van der Waals surface area contributed by atoms with E-state index < -0.39 is 0 Å². The second-order valence-corrected chi connectivity index (χ2v) is 4.27. The molecule has 1 aromatic rings. The molecule has 1 aromatic carbocycles. The van der Waals surface area contributed by atoms with Gasteiger partial charge in [-0.3, -0.25) is 0 Å². The van der Waals surface area contributed by atoms with Gasteiger partial charge in [-0.15, -0.1) is 0 Å². The van der Waals surface area contributed by atoms with E-state index in [-0.39, 0.29) is 6.10 Å². The van der Waals surface area contributed by atoms with Crippen molar-refractivity contribution in [3.8, 4) is 0 Å². The third kappa shape index (κ3) is 1.75. The summed E-state index contributed by atoms with van der Waals surface area (Å²) in [6, 6.07) is 6.70. The summed E-state index contributed by atoms with van der Waals surface area (Å²) in [5, 5.41) is 13.0. The van der Waals surface area contributed by atoms with Gasteiger partial charge in [0.2, 0.25) is 0 Å². The van der Waals surface area contributed by atoms with Crippen molar-refractivity contribution in [2.75, 3.05) is 5.32 Å². The number of aryl methyl sites for hydroxylation is 1. The average molecular weight is 191 g/mol. The van der Waals surface area contributed by atoms with Crippen LogP contribution in [0.15, 0.2) is 18.2 Å². The highest BCUT2D eigenvalue weighted by molar-refractivity contribution is 5.51. The predicted octanol–water partition coefficient (Wildman–Crippen LogP) is 2.49. The molecular formula is C12H17NO. The Morgan fingerprint density at radius 2 is 2.21 bits per heavy atom. The number of anilines is 1. The standard InChI is InChI=1S/C12H17NO/c1-8(2)13-10-4-5-11-9(7-10)3-6-12(11)14/h4-5,7-8,12-14H,3,6H2,1-2H3. The summed E-state index contributed by atoms with van der Waals surface area (Å²) < 4.78 is 0. The van der Waals surface area contributed by atoms with Gasteiger partial charge in [0, 0.05) is 11.7 Å². The molecule has 0 bridgehead atoms. The highest BCUT2D eigenvalue weighted by Gasteiger charge is 2.19. The van der Waals surface area contributed by atoms with Crippen LogP contribution in [0.2, 0.25) is 0 Å². The molecule has 2 rings (SSSR count). The summed E-state index contributed by atoms with van der Waals surface area (Å²) in [5.41, 5.74) is 3.57. The van der Waals surface area contributed by atoms with E-state index in [1.54, 1.807) is 0 Å². The molecule has 0 saturated carbocycles. The van der Waals surface area contributed by atoms with Crippen LogP contribution in [0.1, 0.15) is 37.5 Å². The molecule has 2 N–H and O–H groups in total. The molecule has 76 valence electrons. The molecule has 0 saturated heterocycles. The van der Waals surface area contributed by atoms with Gasteiger partial charge in [-0.05, 0) is 49.9 Å². The first kappa shape index (κ1) is 9.53. The van der Waals surface area contributed by atoms with Gasteiger partial charge in [0.1, 0.15) is 0 Å². The lowest BCUT2D eigenvalue weighted by Crippen LogP contribution is -2.09. The van der Waals surface area contributed by atoms with E-state index in [9.17, 15) is 5.11 Å². The highest BCUT2D eigenvalue weighted by Crippen LogP contribution is 2.32. The molecule has 14 heavy (non-hydrogen) atoms. The Balaban J connectivity index is 2.24. The Hall–Kier alpha value is -1.02. The van der Waals surface area contributed by atoms with Crippen LogP contribution in [0, 0.1) is 0 Å². The van der Waals surface area contributed by atoms with Crippen molar-refractivity contribution in [3.63, 3.8) is 0 Å². The fourth-order valence-corrected chi connectivity index (χ4v) is 2.02. The van der Waals surface area contributed by atoms with Crippen LogP contribution in [-0.4, -0.2) is 11.1 Å². The predicted molar refractivity (Wildman–Crippen MR) is 58.5 cm³/mol.